The maximum atomic E-state index is 11.7. The topological polar surface area (TPSA) is 66.8 Å². The van der Waals surface area contributed by atoms with Gasteiger partial charge in [-0.25, -0.2) is 0 Å². The summed E-state index contributed by atoms with van der Waals surface area (Å²) in [5, 5.41) is 19.2. The molecule has 4 atom stereocenters. The van der Waals surface area contributed by atoms with Crippen LogP contribution in [0.15, 0.2) is 28.7 Å². The van der Waals surface area contributed by atoms with Gasteiger partial charge in [0.25, 0.3) is 0 Å². The summed E-state index contributed by atoms with van der Waals surface area (Å²) in [6.45, 7) is 0.514. The van der Waals surface area contributed by atoms with E-state index in [1.54, 1.807) is 7.11 Å². The highest BCUT2D eigenvalue weighted by Crippen LogP contribution is 2.44. The summed E-state index contributed by atoms with van der Waals surface area (Å²) in [4.78, 5) is 11.7. The van der Waals surface area contributed by atoms with Crippen LogP contribution in [-0.2, 0) is 9.53 Å². The fourth-order valence-corrected chi connectivity index (χ4v) is 3.76. The van der Waals surface area contributed by atoms with Gasteiger partial charge in [0.1, 0.15) is 0 Å². The summed E-state index contributed by atoms with van der Waals surface area (Å²) in [5.74, 6) is -1.37. The fraction of sp³-hybridized carbons (Fsp3) is 0.562. The molecular formula is C16H21BrO4. The van der Waals surface area contributed by atoms with E-state index in [0.29, 0.717) is 13.0 Å². The van der Waals surface area contributed by atoms with E-state index < -0.39 is 11.9 Å². The summed E-state index contributed by atoms with van der Waals surface area (Å²) < 4.78 is 6.21. The Hall–Kier alpha value is -0.910. The van der Waals surface area contributed by atoms with Gasteiger partial charge in [0.15, 0.2) is 0 Å². The first-order chi connectivity index (χ1) is 10.1. The van der Waals surface area contributed by atoms with Gasteiger partial charge in [0.05, 0.1) is 5.92 Å². The number of hydrogen-bond donors (Lipinski definition) is 2. The highest BCUT2D eigenvalue weighted by Gasteiger charge is 2.42. The van der Waals surface area contributed by atoms with Crippen LogP contribution >= 0.6 is 15.9 Å². The molecule has 1 aliphatic rings. The number of benzene rings is 1. The zero-order chi connectivity index (χ0) is 15.4. The van der Waals surface area contributed by atoms with Crippen LogP contribution in [0.5, 0.6) is 0 Å². The number of carboxylic acids is 1. The van der Waals surface area contributed by atoms with Crippen LogP contribution in [0.3, 0.4) is 0 Å². The van der Waals surface area contributed by atoms with Crippen molar-refractivity contribution in [3.05, 3.63) is 34.3 Å². The van der Waals surface area contributed by atoms with Crippen LogP contribution in [0.4, 0.5) is 0 Å². The first-order valence-electron chi connectivity index (χ1n) is 7.14. The Labute approximate surface area is 133 Å². The van der Waals surface area contributed by atoms with Crippen molar-refractivity contribution in [2.45, 2.75) is 18.8 Å². The molecule has 4 nitrogen and oxygen atoms in total. The van der Waals surface area contributed by atoms with Crippen molar-refractivity contribution >= 4 is 21.9 Å². The number of hydrogen-bond acceptors (Lipinski definition) is 3. The molecule has 116 valence electrons. The minimum atomic E-state index is -0.821. The van der Waals surface area contributed by atoms with E-state index in [9.17, 15) is 15.0 Å². The lowest BCUT2D eigenvalue weighted by molar-refractivity contribution is -0.147. The van der Waals surface area contributed by atoms with Crippen molar-refractivity contribution in [3.8, 4) is 0 Å². The number of aliphatic hydroxyl groups is 1. The maximum absolute atomic E-state index is 11.7. The van der Waals surface area contributed by atoms with Gasteiger partial charge in [-0.3, -0.25) is 4.79 Å². The summed E-state index contributed by atoms with van der Waals surface area (Å²) in [6.07, 6.45) is 1.48. The molecule has 0 aliphatic heterocycles. The summed E-state index contributed by atoms with van der Waals surface area (Å²) in [6, 6.07) is 7.80. The second-order valence-corrected chi connectivity index (χ2v) is 6.67. The molecule has 2 rings (SSSR count). The van der Waals surface area contributed by atoms with E-state index in [4.69, 9.17) is 4.74 Å². The third kappa shape index (κ3) is 3.84. The molecule has 0 amide bonds. The zero-order valence-electron chi connectivity index (χ0n) is 12.0. The molecule has 0 bridgehead atoms. The molecule has 1 aromatic carbocycles. The van der Waals surface area contributed by atoms with Gasteiger partial charge in [-0.1, -0.05) is 28.1 Å². The van der Waals surface area contributed by atoms with Crippen molar-refractivity contribution < 1.29 is 19.7 Å². The zero-order valence-corrected chi connectivity index (χ0v) is 13.6. The van der Waals surface area contributed by atoms with Crippen LogP contribution < -0.4 is 0 Å². The molecule has 1 saturated carbocycles. The van der Waals surface area contributed by atoms with Crippen LogP contribution in [0.25, 0.3) is 0 Å². The molecule has 1 aromatic rings. The molecule has 0 spiro atoms. The largest absolute Gasteiger partial charge is 0.481 e. The van der Waals surface area contributed by atoms with Gasteiger partial charge in [-0.2, -0.15) is 0 Å². The number of carboxylic acid groups (broad SMARTS) is 1. The minimum absolute atomic E-state index is 0.0818. The third-order valence-corrected chi connectivity index (χ3v) is 4.91. The van der Waals surface area contributed by atoms with E-state index in [1.807, 2.05) is 24.3 Å². The number of methoxy groups -OCH3 is 1. The van der Waals surface area contributed by atoms with Gasteiger partial charge >= 0.3 is 5.97 Å². The SMILES string of the molecule is COCC1C[C@@H](CO)[C@H](C(=O)O)[C@@H](c2ccc(Br)cc2)C1. The average Bonchev–Trinajstić information content (AvgIpc) is 2.47. The third-order valence-electron chi connectivity index (χ3n) is 4.38. The lowest BCUT2D eigenvalue weighted by atomic mass is 9.66. The van der Waals surface area contributed by atoms with E-state index in [1.165, 1.54) is 0 Å². The quantitative estimate of drug-likeness (QED) is 0.851. The summed E-state index contributed by atoms with van der Waals surface area (Å²) >= 11 is 3.40. The molecule has 5 heteroatoms. The number of aliphatic hydroxyl groups excluding tert-OH is 1. The molecule has 0 aromatic heterocycles. The second-order valence-electron chi connectivity index (χ2n) is 5.76. The second kappa shape index (κ2) is 7.38. The minimum Gasteiger partial charge on any atom is -0.481 e. The molecule has 0 saturated heterocycles. The van der Waals surface area contributed by atoms with Gasteiger partial charge in [-0.15, -0.1) is 0 Å². The van der Waals surface area contributed by atoms with Gasteiger partial charge in [0.2, 0.25) is 0 Å². The van der Waals surface area contributed by atoms with E-state index >= 15 is 0 Å². The van der Waals surface area contributed by atoms with Crippen molar-refractivity contribution in [1.82, 2.24) is 0 Å². The van der Waals surface area contributed by atoms with E-state index in [2.05, 4.69) is 15.9 Å². The van der Waals surface area contributed by atoms with Crippen molar-refractivity contribution in [2.24, 2.45) is 17.8 Å². The predicted octanol–water partition coefficient (Wildman–Crippen LogP) is 2.90. The lowest BCUT2D eigenvalue weighted by Gasteiger charge is -2.39. The maximum Gasteiger partial charge on any atom is 0.307 e. The van der Waals surface area contributed by atoms with Crippen molar-refractivity contribution in [3.63, 3.8) is 0 Å². The van der Waals surface area contributed by atoms with Crippen LogP contribution in [0.1, 0.15) is 24.3 Å². The normalized spacial score (nSPS) is 29.3. The standard InChI is InChI=1S/C16H21BrO4/c1-21-9-10-6-12(8-18)15(16(19)20)14(7-10)11-2-4-13(17)5-3-11/h2-5,10,12,14-15,18H,6-9H2,1H3,(H,19,20)/t10?,12-,14+,15-/m0/s1. The van der Waals surface area contributed by atoms with E-state index in [-0.39, 0.29) is 24.4 Å². The fourth-order valence-electron chi connectivity index (χ4n) is 3.49. The molecule has 0 heterocycles. The summed E-state index contributed by atoms with van der Waals surface area (Å²) in [7, 11) is 1.66. The highest BCUT2D eigenvalue weighted by molar-refractivity contribution is 9.10. The summed E-state index contributed by atoms with van der Waals surface area (Å²) in [5.41, 5.74) is 1.02. The van der Waals surface area contributed by atoms with Gasteiger partial charge in [-0.05, 0) is 48.3 Å². The Morgan fingerprint density at radius 1 is 1.33 bits per heavy atom. The predicted molar refractivity (Wildman–Crippen MR) is 83.2 cm³/mol. The number of halogens is 1. The Balaban J connectivity index is 2.31. The Morgan fingerprint density at radius 3 is 2.52 bits per heavy atom. The lowest BCUT2D eigenvalue weighted by Crippen LogP contribution is -2.39. The molecular weight excluding hydrogens is 336 g/mol. The molecule has 0 radical (unpaired) electrons. The Kier molecular flexibility index (Phi) is 5.79. The van der Waals surface area contributed by atoms with Crippen molar-refractivity contribution in [1.29, 1.82) is 0 Å². The number of aliphatic carboxylic acids is 1. The highest BCUT2D eigenvalue weighted by atomic mass is 79.9. The molecule has 1 fully saturated rings. The Bertz CT molecular complexity index is 474. The van der Waals surface area contributed by atoms with Crippen molar-refractivity contribution in [2.75, 3.05) is 20.3 Å². The smallest absolute Gasteiger partial charge is 0.307 e. The monoisotopic (exact) mass is 356 g/mol. The van der Waals surface area contributed by atoms with Crippen LogP contribution in [-0.4, -0.2) is 36.5 Å². The number of carbonyl (C=O) groups is 1. The van der Waals surface area contributed by atoms with E-state index in [0.717, 1.165) is 16.5 Å². The number of rotatable bonds is 5. The average molecular weight is 357 g/mol. The van der Waals surface area contributed by atoms with Gasteiger partial charge in [0, 0.05) is 24.8 Å². The molecule has 1 unspecified atom stereocenters. The Morgan fingerprint density at radius 2 is 2.00 bits per heavy atom. The first-order valence-corrected chi connectivity index (χ1v) is 7.94. The molecule has 2 N–H and O–H groups in total. The molecule has 21 heavy (non-hydrogen) atoms. The first kappa shape index (κ1) is 16.5. The van der Waals surface area contributed by atoms with Crippen LogP contribution in [0.2, 0.25) is 0 Å². The number of ether oxygens (including phenoxy) is 1. The van der Waals surface area contributed by atoms with Gasteiger partial charge < -0.3 is 14.9 Å². The van der Waals surface area contributed by atoms with Crippen LogP contribution in [0, 0.1) is 17.8 Å². The molecule has 1 aliphatic carbocycles.